The fourth-order valence-electron chi connectivity index (χ4n) is 3.97. The average Bonchev–Trinajstić information content (AvgIpc) is 2.97. The van der Waals surface area contributed by atoms with Crippen LogP contribution >= 0.6 is 11.3 Å². The van der Waals surface area contributed by atoms with Crippen molar-refractivity contribution in [2.75, 3.05) is 11.4 Å². The second-order valence-corrected chi connectivity index (χ2v) is 8.32. The Balaban J connectivity index is 1.39. The molecule has 2 aromatic rings. The Morgan fingerprint density at radius 2 is 2.08 bits per heavy atom. The Hall–Kier alpha value is -1.69. The SMILES string of the molecule is O=c1ccc(C2CC2)nn1CC1CCCN1c1nc2c(s1)CCC2. The fraction of sp³-hybridized carbons (Fsp3) is 0.611. The predicted octanol–water partition coefficient (Wildman–Crippen LogP) is 2.73. The highest BCUT2D eigenvalue weighted by molar-refractivity contribution is 7.15. The van der Waals surface area contributed by atoms with E-state index in [9.17, 15) is 4.79 Å². The van der Waals surface area contributed by atoms with Crippen molar-refractivity contribution in [3.05, 3.63) is 38.8 Å². The summed E-state index contributed by atoms with van der Waals surface area (Å²) in [4.78, 5) is 21.0. The molecule has 24 heavy (non-hydrogen) atoms. The zero-order chi connectivity index (χ0) is 16.1. The molecule has 0 radical (unpaired) electrons. The molecule has 2 fully saturated rings. The number of aryl methyl sites for hydroxylation is 2. The van der Waals surface area contributed by atoms with Gasteiger partial charge >= 0.3 is 0 Å². The number of thiazole rings is 1. The third-order valence-corrected chi connectivity index (χ3v) is 6.67. The van der Waals surface area contributed by atoms with Gasteiger partial charge in [0.15, 0.2) is 5.13 Å². The van der Waals surface area contributed by atoms with Gasteiger partial charge in [0.05, 0.1) is 24.0 Å². The van der Waals surface area contributed by atoms with Crippen LogP contribution in [0.25, 0.3) is 0 Å². The van der Waals surface area contributed by atoms with Gasteiger partial charge in [0.1, 0.15) is 0 Å². The van der Waals surface area contributed by atoms with Crippen molar-refractivity contribution in [2.24, 2.45) is 0 Å². The quantitative estimate of drug-likeness (QED) is 0.857. The molecular formula is C18H22N4OS. The van der Waals surface area contributed by atoms with Crippen molar-refractivity contribution < 1.29 is 0 Å². The molecule has 0 aromatic carbocycles. The first-order chi connectivity index (χ1) is 11.8. The van der Waals surface area contributed by atoms with Crippen LogP contribution in [0.3, 0.4) is 0 Å². The predicted molar refractivity (Wildman–Crippen MR) is 95.0 cm³/mol. The Morgan fingerprint density at radius 3 is 2.92 bits per heavy atom. The summed E-state index contributed by atoms with van der Waals surface area (Å²) in [6.45, 7) is 1.73. The van der Waals surface area contributed by atoms with E-state index in [0.717, 1.165) is 30.2 Å². The van der Waals surface area contributed by atoms with Crippen LogP contribution in [0.4, 0.5) is 5.13 Å². The van der Waals surface area contributed by atoms with Gasteiger partial charge in [-0.2, -0.15) is 5.10 Å². The maximum absolute atomic E-state index is 12.2. The van der Waals surface area contributed by atoms with Crippen LogP contribution in [0, 0.1) is 0 Å². The van der Waals surface area contributed by atoms with Crippen molar-refractivity contribution in [1.29, 1.82) is 0 Å². The third-order valence-electron chi connectivity index (χ3n) is 5.47. The number of nitrogens with zero attached hydrogens (tertiary/aromatic N) is 4. The number of fused-ring (bicyclic) bond motifs is 1. The monoisotopic (exact) mass is 342 g/mol. The summed E-state index contributed by atoms with van der Waals surface area (Å²) in [6.07, 6.45) is 8.30. The van der Waals surface area contributed by atoms with Gasteiger partial charge in [-0.25, -0.2) is 9.67 Å². The normalized spacial score (nSPS) is 23.0. The van der Waals surface area contributed by atoms with Gasteiger partial charge in [-0.3, -0.25) is 4.79 Å². The van der Waals surface area contributed by atoms with Crippen molar-refractivity contribution >= 4 is 16.5 Å². The minimum absolute atomic E-state index is 0.0212. The van der Waals surface area contributed by atoms with Crippen LogP contribution in [0.5, 0.6) is 0 Å². The van der Waals surface area contributed by atoms with Crippen LogP contribution in [0.15, 0.2) is 16.9 Å². The third kappa shape index (κ3) is 2.57. The summed E-state index contributed by atoms with van der Waals surface area (Å²) in [5.41, 5.74) is 2.42. The Morgan fingerprint density at radius 1 is 1.17 bits per heavy atom. The zero-order valence-electron chi connectivity index (χ0n) is 13.8. The van der Waals surface area contributed by atoms with Crippen LogP contribution in [0.2, 0.25) is 0 Å². The minimum Gasteiger partial charge on any atom is -0.343 e. The molecule has 1 atom stereocenters. The van der Waals surface area contributed by atoms with E-state index >= 15 is 0 Å². The Labute approximate surface area is 145 Å². The van der Waals surface area contributed by atoms with E-state index in [1.165, 1.54) is 42.7 Å². The summed E-state index contributed by atoms with van der Waals surface area (Å²) in [5.74, 6) is 0.582. The van der Waals surface area contributed by atoms with Gasteiger partial charge in [-0.15, -0.1) is 11.3 Å². The molecule has 1 unspecified atom stereocenters. The van der Waals surface area contributed by atoms with E-state index in [1.54, 1.807) is 10.7 Å². The van der Waals surface area contributed by atoms with E-state index in [2.05, 4.69) is 10.00 Å². The van der Waals surface area contributed by atoms with Crippen molar-refractivity contribution in [3.8, 4) is 0 Å². The highest BCUT2D eigenvalue weighted by Gasteiger charge is 2.30. The minimum atomic E-state index is 0.0212. The highest BCUT2D eigenvalue weighted by Crippen LogP contribution is 2.38. The molecule has 2 aliphatic carbocycles. The lowest BCUT2D eigenvalue weighted by Gasteiger charge is -2.24. The summed E-state index contributed by atoms with van der Waals surface area (Å²) < 4.78 is 1.69. The first kappa shape index (κ1) is 14.6. The Kier molecular flexibility index (Phi) is 3.47. The molecule has 6 heteroatoms. The largest absolute Gasteiger partial charge is 0.343 e. The molecule has 5 rings (SSSR count). The molecule has 1 saturated carbocycles. The molecule has 0 bridgehead atoms. The maximum Gasteiger partial charge on any atom is 0.266 e. The number of aromatic nitrogens is 3. The van der Waals surface area contributed by atoms with Gasteiger partial charge in [0, 0.05) is 23.4 Å². The lowest BCUT2D eigenvalue weighted by Crippen LogP contribution is -2.37. The van der Waals surface area contributed by atoms with E-state index in [-0.39, 0.29) is 5.56 Å². The summed E-state index contributed by atoms with van der Waals surface area (Å²) in [7, 11) is 0. The lowest BCUT2D eigenvalue weighted by molar-refractivity contribution is 0.482. The van der Waals surface area contributed by atoms with Gasteiger partial charge in [0.2, 0.25) is 0 Å². The molecule has 1 aliphatic heterocycles. The van der Waals surface area contributed by atoms with Crippen LogP contribution < -0.4 is 10.5 Å². The maximum atomic E-state index is 12.2. The standard InChI is InChI=1S/C18H22N4OS/c23-17-9-8-14(12-6-7-12)20-22(17)11-13-3-2-10-21(13)18-19-15-4-1-5-16(15)24-18/h8-9,12-13H,1-7,10-11H2. The van der Waals surface area contributed by atoms with Gasteiger partial charge in [0.25, 0.3) is 5.56 Å². The first-order valence-electron chi connectivity index (χ1n) is 9.11. The van der Waals surface area contributed by atoms with E-state index in [1.807, 2.05) is 17.4 Å². The second kappa shape index (κ2) is 5.69. The molecule has 0 spiro atoms. The van der Waals surface area contributed by atoms with Crippen LogP contribution in [-0.4, -0.2) is 27.4 Å². The zero-order valence-corrected chi connectivity index (χ0v) is 14.6. The fourth-order valence-corrected chi connectivity index (χ4v) is 5.21. The second-order valence-electron chi connectivity index (χ2n) is 7.26. The topological polar surface area (TPSA) is 51.0 Å². The summed E-state index contributed by atoms with van der Waals surface area (Å²) >= 11 is 1.86. The van der Waals surface area contributed by atoms with Crippen molar-refractivity contribution in [2.45, 2.75) is 63.5 Å². The summed E-state index contributed by atoms with van der Waals surface area (Å²) in [6, 6.07) is 3.95. The molecule has 0 N–H and O–H groups in total. The number of rotatable bonds is 4. The molecule has 5 nitrogen and oxygen atoms in total. The van der Waals surface area contributed by atoms with E-state index < -0.39 is 0 Å². The van der Waals surface area contributed by atoms with Crippen LogP contribution in [0.1, 0.15) is 54.3 Å². The molecule has 126 valence electrons. The molecule has 1 saturated heterocycles. The van der Waals surface area contributed by atoms with Crippen molar-refractivity contribution in [3.63, 3.8) is 0 Å². The molecular weight excluding hydrogens is 320 g/mol. The molecule has 0 amide bonds. The van der Waals surface area contributed by atoms with Gasteiger partial charge in [-0.05, 0) is 51.0 Å². The first-order valence-corrected chi connectivity index (χ1v) is 9.93. The number of anilines is 1. The lowest BCUT2D eigenvalue weighted by atomic mass is 10.2. The molecule has 3 aliphatic rings. The van der Waals surface area contributed by atoms with Crippen molar-refractivity contribution in [1.82, 2.24) is 14.8 Å². The van der Waals surface area contributed by atoms with Gasteiger partial charge in [-0.1, -0.05) is 0 Å². The smallest absolute Gasteiger partial charge is 0.266 e. The molecule has 3 heterocycles. The molecule has 2 aromatic heterocycles. The van der Waals surface area contributed by atoms with Gasteiger partial charge < -0.3 is 4.90 Å². The highest BCUT2D eigenvalue weighted by atomic mass is 32.1. The number of hydrogen-bond donors (Lipinski definition) is 0. The van der Waals surface area contributed by atoms with E-state index in [0.29, 0.717) is 18.5 Å². The summed E-state index contributed by atoms with van der Waals surface area (Å²) in [5, 5.41) is 5.80. The van der Waals surface area contributed by atoms with E-state index in [4.69, 9.17) is 4.98 Å². The average molecular weight is 342 g/mol. The Bertz CT molecular complexity index is 801. The van der Waals surface area contributed by atoms with Crippen LogP contribution in [-0.2, 0) is 19.4 Å². The number of hydrogen-bond acceptors (Lipinski definition) is 5.